The number of ether oxygens (including phenoxy) is 3. The minimum atomic E-state index is 0.171. The van der Waals surface area contributed by atoms with Crippen molar-refractivity contribution < 1.29 is 14.2 Å². The Hall–Kier alpha value is -1.10. The molecule has 1 aromatic carbocycles. The van der Waals surface area contributed by atoms with E-state index in [0.717, 1.165) is 18.6 Å². The smallest absolute Gasteiger partial charge is 0.119 e. The third-order valence-electron chi connectivity index (χ3n) is 2.59. The van der Waals surface area contributed by atoms with Gasteiger partial charge in [-0.25, -0.2) is 0 Å². The van der Waals surface area contributed by atoms with Crippen LogP contribution in [0.3, 0.4) is 0 Å². The lowest BCUT2D eigenvalue weighted by atomic mass is 10.1. The molecule has 1 rings (SSSR count). The Morgan fingerprint density at radius 3 is 2.74 bits per heavy atom. The first-order chi connectivity index (χ1) is 9.22. The van der Waals surface area contributed by atoms with Gasteiger partial charge in [-0.1, -0.05) is 12.1 Å². The Kier molecular flexibility index (Phi) is 8.21. The SMILES string of the molecule is COCCOCCCOc1cccc(CC(C)N)c1. The zero-order chi connectivity index (χ0) is 13.9. The molecule has 2 N–H and O–H groups in total. The van der Waals surface area contributed by atoms with Crippen LogP contribution in [-0.4, -0.2) is 39.6 Å². The summed E-state index contributed by atoms with van der Waals surface area (Å²) in [6.45, 7) is 4.64. The molecule has 0 heterocycles. The van der Waals surface area contributed by atoms with Gasteiger partial charge in [0, 0.05) is 26.2 Å². The molecule has 108 valence electrons. The first-order valence-corrected chi connectivity index (χ1v) is 6.76. The molecule has 1 aromatic rings. The summed E-state index contributed by atoms with van der Waals surface area (Å²) in [5.74, 6) is 0.898. The van der Waals surface area contributed by atoms with E-state index in [0.29, 0.717) is 26.4 Å². The molecular weight excluding hydrogens is 242 g/mol. The first-order valence-electron chi connectivity index (χ1n) is 6.76. The average molecular weight is 267 g/mol. The maximum Gasteiger partial charge on any atom is 0.119 e. The molecule has 0 aromatic heterocycles. The predicted molar refractivity (Wildman–Crippen MR) is 76.6 cm³/mol. The molecule has 0 saturated carbocycles. The van der Waals surface area contributed by atoms with E-state index in [9.17, 15) is 0 Å². The molecule has 0 aliphatic carbocycles. The summed E-state index contributed by atoms with van der Waals surface area (Å²) in [6, 6.07) is 8.27. The fourth-order valence-electron chi connectivity index (χ4n) is 1.73. The largest absolute Gasteiger partial charge is 0.493 e. The van der Waals surface area contributed by atoms with Crippen molar-refractivity contribution in [3.8, 4) is 5.75 Å². The van der Waals surface area contributed by atoms with Gasteiger partial charge in [-0.3, -0.25) is 0 Å². The van der Waals surface area contributed by atoms with Gasteiger partial charge in [-0.2, -0.15) is 0 Å². The van der Waals surface area contributed by atoms with Gasteiger partial charge < -0.3 is 19.9 Å². The lowest BCUT2D eigenvalue weighted by molar-refractivity contribution is 0.0644. The summed E-state index contributed by atoms with van der Waals surface area (Å²) in [7, 11) is 1.67. The molecule has 0 fully saturated rings. The highest BCUT2D eigenvalue weighted by molar-refractivity contribution is 5.28. The van der Waals surface area contributed by atoms with E-state index in [1.165, 1.54) is 5.56 Å². The van der Waals surface area contributed by atoms with Gasteiger partial charge in [0.1, 0.15) is 5.75 Å². The van der Waals surface area contributed by atoms with Crippen molar-refractivity contribution >= 4 is 0 Å². The van der Waals surface area contributed by atoms with Crippen LogP contribution in [0.2, 0.25) is 0 Å². The van der Waals surface area contributed by atoms with E-state index in [1.807, 2.05) is 19.1 Å². The molecule has 0 spiro atoms. The van der Waals surface area contributed by atoms with Crippen molar-refractivity contribution in [3.63, 3.8) is 0 Å². The van der Waals surface area contributed by atoms with Crippen LogP contribution in [0.5, 0.6) is 5.75 Å². The summed E-state index contributed by atoms with van der Waals surface area (Å²) in [6.07, 6.45) is 1.75. The quantitative estimate of drug-likeness (QED) is 0.659. The van der Waals surface area contributed by atoms with E-state index < -0.39 is 0 Å². The molecule has 4 heteroatoms. The molecule has 0 amide bonds. The number of nitrogens with two attached hydrogens (primary N) is 1. The van der Waals surface area contributed by atoms with Crippen molar-refractivity contribution in [2.75, 3.05) is 33.5 Å². The van der Waals surface area contributed by atoms with E-state index >= 15 is 0 Å². The van der Waals surface area contributed by atoms with Gasteiger partial charge in [-0.15, -0.1) is 0 Å². The van der Waals surface area contributed by atoms with Crippen LogP contribution in [0.4, 0.5) is 0 Å². The molecule has 4 nitrogen and oxygen atoms in total. The van der Waals surface area contributed by atoms with E-state index in [1.54, 1.807) is 7.11 Å². The summed E-state index contributed by atoms with van der Waals surface area (Å²) in [4.78, 5) is 0. The lowest BCUT2D eigenvalue weighted by Gasteiger charge is -2.09. The molecule has 0 aliphatic heterocycles. The zero-order valence-corrected chi connectivity index (χ0v) is 11.9. The molecular formula is C15H25NO3. The standard InChI is InChI=1S/C15H25NO3/c1-13(16)11-14-5-3-6-15(12-14)19-8-4-7-18-10-9-17-2/h3,5-6,12-13H,4,7-11,16H2,1-2H3. The van der Waals surface area contributed by atoms with E-state index in [-0.39, 0.29) is 6.04 Å². The van der Waals surface area contributed by atoms with Gasteiger partial charge in [-0.05, 0) is 31.0 Å². The van der Waals surface area contributed by atoms with Gasteiger partial charge in [0.25, 0.3) is 0 Å². The molecule has 19 heavy (non-hydrogen) atoms. The second kappa shape index (κ2) is 9.78. The number of hydrogen-bond donors (Lipinski definition) is 1. The molecule has 1 atom stereocenters. The third-order valence-corrected chi connectivity index (χ3v) is 2.59. The topological polar surface area (TPSA) is 53.7 Å². The summed E-state index contributed by atoms with van der Waals surface area (Å²) >= 11 is 0. The highest BCUT2D eigenvalue weighted by Crippen LogP contribution is 2.14. The molecule has 1 unspecified atom stereocenters. The minimum Gasteiger partial charge on any atom is -0.493 e. The Morgan fingerprint density at radius 2 is 2.00 bits per heavy atom. The van der Waals surface area contributed by atoms with Crippen LogP contribution >= 0.6 is 0 Å². The molecule has 0 aliphatic rings. The zero-order valence-electron chi connectivity index (χ0n) is 11.9. The number of hydrogen-bond acceptors (Lipinski definition) is 4. The Bertz CT molecular complexity index is 342. The molecule has 0 bridgehead atoms. The van der Waals surface area contributed by atoms with Crippen molar-refractivity contribution in [2.45, 2.75) is 25.8 Å². The van der Waals surface area contributed by atoms with Crippen LogP contribution in [0.15, 0.2) is 24.3 Å². The summed E-state index contributed by atoms with van der Waals surface area (Å²) in [5.41, 5.74) is 7.00. The van der Waals surface area contributed by atoms with Crippen LogP contribution in [0.1, 0.15) is 18.9 Å². The van der Waals surface area contributed by atoms with Crippen LogP contribution in [0.25, 0.3) is 0 Å². The Balaban J connectivity index is 2.18. The van der Waals surface area contributed by atoms with Crippen LogP contribution < -0.4 is 10.5 Å². The number of benzene rings is 1. The normalized spacial score (nSPS) is 12.4. The van der Waals surface area contributed by atoms with Crippen LogP contribution in [0, 0.1) is 0 Å². The fourth-order valence-corrected chi connectivity index (χ4v) is 1.73. The summed E-state index contributed by atoms with van der Waals surface area (Å²) in [5, 5.41) is 0. The Labute approximate surface area is 115 Å². The van der Waals surface area contributed by atoms with Crippen molar-refractivity contribution in [1.82, 2.24) is 0 Å². The average Bonchev–Trinajstić information content (AvgIpc) is 2.37. The fraction of sp³-hybridized carbons (Fsp3) is 0.600. The van der Waals surface area contributed by atoms with Gasteiger partial charge in [0.2, 0.25) is 0 Å². The van der Waals surface area contributed by atoms with Gasteiger partial charge in [0.15, 0.2) is 0 Å². The van der Waals surface area contributed by atoms with Crippen molar-refractivity contribution in [1.29, 1.82) is 0 Å². The number of methoxy groups -OCH3 is 1. The molecule has 0 saturated heterocycles. The predicted octanol–water partition coefficient (Wildman–Crippen LogP) is 2.01. The Morgan fingerprint density at radius 1 is 1.16 bits per heavy atom. The maximum atomic E-state index is 5.79. The minimum absolute atomic E-state index is 0.171. The second-order valence-corrected chi connectivity index (χ2v) is 4.64. The maximum absolute atomic E-state index is 5.79. The second-order valence-electron chi connectivity index (χ2n) is 4.64. The lowest BCUT2D eigenvalue weighted by Crippen LogP contribution is -2.17. The highest BCUT2D eigenvalue weighted by Gasteiger charge is 2.00. The van der Waals surface area contributed by atoms with E-state index in [2.05, 4.69) is 12.1 Å². The number of rotatable bonds is 10. The van der Waals surface area contributed by atoms with Crippen molar-refractivity contribution in [3.05, 3.63) is 29.8 Å². The first kappa shape index (κ1) is 16.0. The van der Waals surface area contributed by atoms with Crippen molar-refractivity contribution in [2.24, 2.45) is 5.73 Å². The summed E-state index contributed by atoms with van der Waals surface area (Å²) < 4.78 is 15.9. The monoisotopic (exact) mass is 267 g/mol. The molecule has 0 radical (unpaired) electrons. The third kappa shape index (κ3) is 7.82. The van der Waals surface area contributed by atoms with E-state index in [4.69, 9.17) is 19.9 Å². The van der Waals surface area contributed by atoms with Gasteiger partial charge in [0.05, 0.1) is 19.8 Å². The highest BCUT2D eigenvalue weighted by atomic mass is 16.5. The van der Waals surface area contributed by atoms with Gasteiger partial charge >= 0.3 is 0 Å². The van der Waals surface area contributed by atoms with Crippen LogP contribution in [-0.2, 0) is 15.9 Å².